The van der Waals surface area contributed by atoms with Gasteiger partial charge in [0, 0.05) is 19.1 Å². The number of halogens is 1. The quantitative estimate of drug-likeness (QED) is 0.862. The molecule has 1 N–H and O–H groups in total. The number of ketones is 1. The Balaban J connectivity index is 2.12. The first-order chi connectivity index (χ1) is 9.06. The van der Waals surface area contributed by atoms with Crippen LogP contribution >= 0.6 is 11.6 Å². The van der Waals surface area contributed by atoms with E-state index in [0.717, 1.165) is 0 Å². The minimum atomic E-state index is -1.15. The van der Waals surface area contributed by atoms with Crippen LogP contribution in [0.2, 0.25) is 0 Å². The molecule has 0 heterocycles. The standard InChI is InChI=1S/C15H15ClO3/c1-19-15(16)9-7-12(8-10-15)14(18)13(17)11-5-3-2-4-6-11/h2-9,13,17H,10H2,1H3. The van der Waals surface area contributed by atoms with E-state index in [4.69, 9.17) is 16.3 Å². The van der Waals surface area contributed by atoms with Crippen LogP contribution in [0.5, 0.6) is 0 Å². The maximum absolute atomic E-state index is 12.1. The lowest BCUT2D eigenvalue weighted by Crippen LogP contribution is -2.24. The molecule has 0 saturated carbocycles. The Morgan fingerprint density at radius 2 is 2.11 bits per heavy atom. The van der Waals surface area contributed by atoms with Crippen LogP contribution in [0.25, 0.3) is 0 Å². The highest BCUT2D eigenvalue weighted by molar-refractivity contribution is 6.24. The van der Waals surface area contributed by atoms with Crippen LogP contribution in [0, 0.1) is 0 Å². The molecule has 100 valence electrons. The van der Waals surface area contributed by atoms with Gasteiger partial charge in [-0.3, -0.25) is 4.79 Å². The highest BCUT2D eigenvalue weighted by Gasteiger charge is 2.28. The second-order valence-corrected chi connectivity index (χ2v) is 5.00. The Morgan fingerprint density at radius 1 is 1.42 bits per heavy atom. The minimum absolute atomic E-state index is 0.336. The van der Waals surface area contributed by atoms with Gasteiger partial charge in [-0.2, -0.15) is 0 Å². The lowest BCUT2D eigenvalue weighted by atomic mass is 9.95. The molecular formula is C15H15ClO3. The average Bonchev–Trinajstić information content (AvgIpc) is 2.47. The van der Waals surface area contributed by atoms with Crippen molar-refractivity contribution < 1.29 is 14.6 Å². The van der Waals surface area contributed by atoms with Crippen molar-refractivity contribution in [2.45, 2.75) is 17.6 Å². The van der Waals surface area contributed by atoms with Gasteiger partial charge in [0.1, 0.15) is 6.10 Å². The van der Waals surface area contributed by atoms with E-state index >= 15 is 0 Å². The smallest absolute Gasteiger partial charge is 0.195 e. The molecule has 2 atom stereocenters. The normalized spacial score (nSPS) is 23.8. The Hall–Kier alpha value is -1.42. The summed E-state index contributed by atoms with van der Waals surface area (Å²) in [6.45, 7) is 0. The van der Waals surface area contributed by atoms with Crippen LogP contribution in [-0.2, 0) is 9.53 Å². The molecule has 1 aliphatic rings. The fourth-order valence-corrected chi connectivity index (χ4v) is 2.02. The van der Waals surface area contributed by atoms with Crippen molar-refractivity contribution in [2.24, 2.45) is 0 Å². The minimum Gasteiger partial charge on any atom is -0.380 e. The summed E-state index contributed by atoms with van der Waals surface area (Å²) in [7, 11) is 1.51. The third kappa shape index (κ3) is 3.13. The number of carbonyl (C=O) groups excluding carboxylic acids is 1. The summed E-state index contributed by atoms with van der Waals surface area (Å²) in [5.41, 5.74) is 1.03. The summed E-state index contributed by atoms with van der Waals surface area (Å²) < 4.78 is 5.11. The van der Waals surface area contributed by atoms with E-state index in [1.165, 1.54) is 7.11 Å². The van der Waals surface area contributed by atoms with Gasteiger partial charge in [0.05, 0.1) is 0 Å². The van der Waals surface area contributed by atoms with E-state index in [0.29, 0.717) is 17.6 Å². The molecule has 4 heteroatoms. The summed E-state index contributed by atoms with van der Waals surface area (Å²) in [6.07, 6.45) is 4.14. The summed E-state index contributed by atoms with van der Waals surface area (Å²) >= 11 is 6.10. The van der Waals surface area contributed by atoms with Crippen LogP contribution in [0.3, 0.4) is 0 Å². The van der Waals surface area contributed by atoms with Gasteiger partial charge in [-0.15, -0.1) is 0 Å². The number of Topliss-reactive ketones (excluding diaryl/α,β-unsaturated/α-hetero) is 1. The molecule has 0 amide bonds. The van der Waals surface area contributed by atoms with E-state index < -0.39 is 11.2 Å². The molecule has 0 radical (unpaired) electrons. The van der Waals surface area contributed by atoms with Crippen molar-refractivity contribution in [3.63, 3.8) is 0 Å². The largest absolute Gasteiger partial charge is 0.380 e. The molecule has 19 heavy (non-hydrogen) atoms. The highest BCUT2D eigenvalue weighted by atomic mass is 35.5. The van der Waals surface area contributed by atoms with Crippen molar-refractivity contribution in [1.82, 2.24) is 0 Å². The number of ether oxygens (including phenoxy) is 1. The topological polar surface area (TPSA) is 46.5 Å². The van der Waals surface area contributed by atoms with E-state index in [9.17, 15) is 9.90 Å². The van der Waals surface area contributed by atoms with E-state index in [2.05, 4.69) is 0 Å². The lowest BCUT2D eigenvalue weighted by Gasteiger charge is -2.24. The third-order valence-electron chi connectivity index (χ3n) is 3.10. The average molecular weight is 279 g/mol. The number of aliphatic hydroxyl groups is 1. The van der Waals surface area contributed by atoms with E-state index in [1.54, 1.807) is 42.5 Å². The Kier molecular flexibility index (Phi) is 4.20. The van der Waals surface area contributed by atoms with Gasteiger partial charge in [-0.1, -0.05) is 54.1 Å². The van der Waals surface area contributed by atoms with Gasteiger partial charge in [0.2, 0.25) is 0 Å². The summed E-state index contributed by atoms with van der Waals surface area (Å²) in [5.74, 6) is -0.336. The Morgan fingerprint density at radius 3 is 2.63 bits per heavy atom. The molecule has 1 aromatic carbocycles. The molecule has 0 bridgehead atoms. The molecule has 0 spiro atoms. The number of hydrogen-bond donors (Lipinski definition) is 1. The molecule has 1 aromatic rings. The molecule has 0 aromatic heterocycles. The number of methoxy groups -OCH3 is 1. The number of allylic oxidation sites excluding steroid dienone is 1. The number of rotatable bonds is 4. The fourth-order valence-electron chi connectivity index (χ4n) is 1.88. The predicted octanol–water partition coefficient (Wildman–Crippen LogP) is 2.76. The second-order valence-electron chi connectivity index (χ2n) is 4.36. The van der Waals surface area contributed by atoms with E-state index in [1.807, 2.05) is 6.07 Å². The van der Waals surface area contributed by atoms with Crippen molar-refractivity contribution >= 4 is 17.4 Å². The Labute approximate surface area is 117 Å². The zero-order chi connectivity index (χ0) is 13.9. The number of benzene rings is 1. The zero-order valence-electron chi connectivity index (χ0n) is 10.5. The van der Waals surface area contributed by atoms with Crippen LogP contribution in [0.4, 0.5) is 0 Å². The molecule has 2 rings (SSSR count). The molecular weight excluding hydrogens is 264 g/mol. The van der Waals surface area contributed by atoms with Crippen LogP contribution in [0.15, 0.2) is 54.1 Å². The van der Waals surface area contributed by atoms with Gasteiger partial charge in [-0.25, -0.2) is 0 Å². The van der Waals surface area contributed by atoms with Gasteiger partial charge < -0.3 is 9.84 Å². The van der Waals surface area contributed by atoms with Gasteiger partial charge in [0.25, 0.3) is 0 Å². The maximum Gasteiger partial charge on any atom is 0.195 e. The van der Waals surface area contributed by atoms with Crippen LogP contribution in [-0.4, -0.2) is 23.1 Å². The third-order valence-corrected chi connectivity index (χ3v) is 3.53. The SMILES string of the molecule is COC1(Cl)C=CC(C(=O)C(O)c2ccccc2)=CC1. The molecule has 3 nitrogen and oxygen atoms in total. The number of aliphatic hydroxyl groups excluding tert-OH is 1. The van der Waals surface area contributed by atoms with Crippen molar-refractivity contribution in [3.8, 4) is 0 Å². The van der Waals surface area contributed by atoms with Gasteiger partial charge >= 0.3 is 0 Å². The van der Waals surface area contributed by atoms with Crippen molar-refractivity contribution in [2.75, 3.05) is 7.11 Å². The van der Waals surface area contributed by atoms with E-state index in [-0.39, 0.29) is 5.78 Å². The number of hydrogen-bond acceptors (Lipinski definition) is 3. The molecule has 0 saturated heterocycles. The maximum atomic E-state index is 12.1. The van der Waals surface area contributed by atoms with Gasteiger partial charge in [0.15, 0.2) is 10.8 Å². The first-order valence-corrected chi connectivity index (χ1v) is 6.34. The monoisotopic (exact) mass is 278 g/mol. The number of alkyl halides is 1. The van der Waals surface area contributed by atoms with Crippen molar-refractivity contribution in [1.29, 1.82) is 0 Å². The van der Waals surface area contributed by atoms with Crippen LogP contribution in [0.1, 0.15) is 18.1 Å². The van der Waals surface area contributed by atoms with Crippen LogP contribution < -0.4 is 0 Å². The fraction of sp³-hybridized carbons (Fsp3) is 0.267. The highest BCUT2D eigenvalue weighted by Crippen LogP contribution is 2.30. The first-order valence-electron chi connectivity index (χ1n) is 5.96. The van der Waals surface area contributed by atoms with Gasteiger partial charge in [-0.05, 0) is 11.6 Å². The summed E-state index contributed by atoms with van der Waals surface area (Å²) in [5, 5.41) is 9.15. The molecule has 1 aliphatic carbocycles. The number of carbonyl (C=O) groups is 1. The first kappa shape index (κ1) is 14.0. The summed E-state index contributed by atoms with van der Waals surface area (Å²) in [6, 6.07) is 8.84. The molecule has 0 aliphatic heterocycles. The Bertz CT molecular complexity index is 521. The lowest BCUT2D eigenvalue weighted by molar-refractivity contribution is -0.123. The van der Waals surface area contributed by atoms with Crippen molar-refractivity contribution in [3.05, 3.63) is 59.7 Å². The predicted molar refractivity (Wildman–Crippen MR) is 73.8 cm³/mol. The zero-order valence-corrected chi connectivity index (χ0v) is 11.3. The molecule has 2 unspecified atom stereocenters. The summed E-state index contributed by atoms with van der Waals surface area (Å²) in [4.78, 5) is 12.1. The molecule has 0 fully saturated rings. The second kappa shape index (κ2) is 5.70.